The Balaban J connectivity index is 1.29. The van der Waals surface area contributed by atoms with Gasteiger partial charge in [0.15, 0.2) is 0 Å². The lowest BCUT2D eigenvalue weighted by molar-refractivity contribution is -0.144. The van der Waals surface area contributed by atoms with Crippen molar-refractivity contribution < 1.29 is 28.0 Å². The van der Waals surface area contributed by atoms with Gasteiger partial charge >= 0.3 is 0 Å². The van der Waals surface area contributed by atoms with Crippen LogP contribution in [-0.4, -0.2) is 75.7 Å². The molecule has 0 unspecified atom stereocenters. The SMILES string of the molecule is CC(=O)N1CC[C@H]2CC[C@@H](C(=O)N(c3ccc(Cl)cc3)C3CCCCC3)N2C(=O)[C@@H](NC(=O)c2cc3cc(C(C)(F)F)ccc3[nH]2)C1. The average Bonchev–Trinajstić information content (AvgIpc) is 3.66. The first kappa shape index (κ1) is 32.9. The van der Waals surface area contributed by atoms with Crippen LogP contribution in [0.1, 0.15) is 81.3 Å². The number of halogens is 3. The van der Waals surface area contributed by atoms with Crippen LogP contribution < -0.4 is 10.2 Å². The second kappa shape index (κ2) is 13.3. The van der Waals surface area contributed by atoms with Gasteiger partial charge in [0.1, 0.15) is 17.8 Å². The smallest absolute Gasteiger partial charge is 0.270 e. The number of aromatic amines is 1. The van der Waals surface area contributed by atoms with Crippen molar-refractivity contribution in [1.29, 1.82) is 0 Å². The number of H-pyrrole nitrogens is 1. The van der Waals surface area contributed by atoms with Crippen LogP contribution in [0.2, 0.25) is 5.02 Å². The number of aromatic nitrogens is 1. The third-order valence-corrected chi connectivity index (χ3v) is 10.1. The van der Waals surface area contributed by atoms with Gasteiger partial charge in [0.25, 0.3) is 11.8 Å². The fraction of sp³-hybridized carbons (Fsp3) is 0.486. The van der Waals surface area contributed by atoms with Crippen molar-refractivity contribution in [2.45, 2.75) is 95.3 Å². The maximum absolute atomic E-state index is 14.5. The van der Waals surface area contributed by atoms with Gasteiger partial charge in [-0.3, -0.25) is 19.2 Å². The Morgan fingerprint density at radius 2 is 1.70 bits per heavy atom. The highest BCUT2D eigenvalue weighted by Gasteiger charge is 2.47. The molecule has 0 radical (unpaired) electrons. The van der Waals surface area contributed by atoms with E-state index >= 15 is 0 Å². The number of hydrogen-bond donors (Lipinski definition) is 2. The van der Waals surface area contributed by atoms with Crippen LogP contribution in [0.15, 0.2) is 48.5 Å². The molecule has 2 aliphatic heterocycles. The average molecular weight is 668 g/mol. The molecule has 2 aromatic carbocycles. The molecule has 47 heavy (non-hydrogen) atoms. The zero-order valence-corrected chi connectivity index (χ0v) is 27.4. The van der Waals surface area contributed by atoms with Crippen LogP contribution in [0.5, 0.6) is 0 Å². The summed E-state index contributed by atoms with van der Waals surface area (Å²) in [5, 5.41) is 3.80. The van der Waals surface area contributed by atoms with E-state index in [4.69, 9.17) is 11.6 Å². The summed E-state index contributed by atoms with van der Waals surface area (Å²) in [5.41, 5.74) is 1.15. The van der Waals surface area contributed by atoms with Crippen molar-refractivity contribution in [3.63, 3.8) is 0 Å². The van der Waals surface area contributed by atoms with Gasteiger partial charge in [-0.15, -0.1) is 0 Å². The van der Waals surface area contributed by atoms with Gasteiger partial charge in [-0.2, -0.15) is 0 Å². The summed E-state index contributed by atoms with van der Waals surface area (Å²) in [6.07, 6.45) is 6.47. The quantitative estimate of drug-likeness (QED) is 0.336. The van der Waals surface area contributed by atoms with Gasteiger partial charge in [-0.1, -0.05) is 36.9 Å². The van der Waals surface area contributed by atoms with E-state index in [2.05, 4.69) is 10.3 Å². The normalized spacial score (nSPS) is 22.5. The lowest BCUT2D eigenvalue weighted by atomic mass is 9.93. The van der Waals surface area contributed by atoms with Crippen LogP contribution in [0.25, 0.3) is 10.9 Å². The Morgan fingerprint density at radius 1 is 0.979 bits per heavy atom. The molecule has 3 atom stereocenters. The minimum absolute atomic E-state index is 0.000206. The Morgan fingerprint density at radius 3 is 2.38 bits per heavy atom. The molecule has 250 valence electrons. The Kier molecular flexibility index (Phi) is 9.29. The molecule has 9 nitrogen and oxygen atoms in total. The number of carbonyl (C=O) groups is 4. The summed E-state index contributed by atoms with van der Waals surface area (Å²) in [5.74, 6) is -4.45. The van der Waals surface area contributed by atoms with Crippen molar-refractivity contribution in [3.8, 4) is 0 Å². The van der Waals surface area contributed by atoms with Crippen LogP contribution in [0.4, 0.5) is 14.5 Å². The number of nitrogens with zero attached hydrogens (tertiary/aromatic N) is 3. The summed E-state index contributed by atoms with van der Waals surface area (Å²) in [6.45, 7) is 2.56. The Bertz CT molecular complexity index is 1670. The topological polar surface area (TPSA) is 106 Å². The van der Waals surface area contributed by atoms with Gasteiger partial charge in [-0.25, -0.2) is 8.78 Å². The predicted octanol–water partition coefficient (Wildman–Crippen LogP) is 6.01. The predicted molar refractivity (Wildman–Crippen MR) is 175 cm³/mol. The number of fused-ring (bicyclic) bond motifs is 2. The first-order valence-corrected chi connectivity index (χ1v) is 16.8. The van der Waals surface area contributed by atoms with Gasteiger partial charge in [0.2, 0.25) is 17.7 Å². The number of hydrogen-bond acceptors (Lipinski definition) is 4. The van der Waals surface area contributed by atoms with E-state index in [-0.39, 0.29) is 41.7 Å². The molecule has 1 aromatic heterocycles. The van der Waals surface area contributed by atoms with E-state index in [1.54, 1.807) is 21.9 Å². The minimum atomic E-state index is -3.05. The standard InChI is InChI=1S/C35H40ClF2N5O4/c1-21(44)41-17-16-27-13-15-31(34(47)42(25-6-4-3-5-7-25)26-11-9-24(36)10-12-26)43(27)33(46)30(20-41)40-32(45)29-19-22-18-23(35(2,37)38)8-14-28(22)39-29/h8-12,14,18-19,25,27,30-31,39H,3-7,13,15-17,20H2,1-2H3,(H,40,45)/t27-,30+,31+/m1/s1. The third kappa shape index (κ3) is 6.86. The monoisotopic (exact) mass is 667 g/mol. The molecular formula is C35H40ClF2N5O4. The molecule has 1 saturated carbocycles. The van der Waals surface area contributed by atoms with Crippen LogP contribution in [0, 0.1) is 0 Å². The fourth-order valence-corrected chi connectivity index (χ4v) is 7.52. The first-order chi connectivity index (χ1) is 22.4. The number of rotatable bonds is 6. The first-order valence-electron chi connectivity index (χ1n) is 16.4. The van der Waals surface area contributed by atoms with E-state index in [1.165, 1.54) is 31.2 Å². The summed E-state index contributed by atoms with van der Waals surface area (Å²) < 4.78 is 27.9. The Hall–Kier alpha value is -3.99. The molecule has 2 N–H and O–H groups in total. The number of benzene rings is 2. The van der Waals surface area contributed by atoms with E-state index in [0.717, 1.165) is 44.7 Å². The summed E-state index contributed by atoms with van der Waals surface area (Å²) in [6, 6.07) is 10.7. The minimum Gasteiger partial charge on any atom is -0.351 e. The van der Waals surface area contributed by atoms with E-state index in [9.17, 15) is 28.0 Å². The zero-order chi connectivity index (χ0) is 33.5. The van der Waals surface area contributed by atoms with E-state index in [0.29, 0.717) is 41.7 Å². The highest BCUT2D eigenvalue weighted by atomic mass is 35.5. The molecule has 2 saturated heterocycles. The molecule has 1 aliphatic carbocycles. The van der Waals surface area contributed by atoms with E-state index < -0.39 is 29.8 Å². The zero-order valence-electron chi connectivity index (χ0n) is 26.6. The number of carbonyl (C=O) groups excluding carboxylic acids is 4. The lowest BCUT2D eigenvalue weighted by Gasteiger charge is -2.41. The van der Waals surface area contributed by atoms with Gasteiger partial charge in [-0.05, 0) is 74.6 Å². The van der Waals surface area contributed by atoms with Crippen molar-refractivity contribution in [2.75, 3.05) is 18.0 Å². The van der Waals surface area contributed by atoms with Crippen LogP contribution in [0.3, 0.4) is 0 Å². The lowest BCUT2D eigenvalue weighted by Crippen LogP contribution is -2.61. The number of alkyl halides is 2. The molecule has 6 rings (SSSR count). The van der Waals surface area contributed by atoms with Crippen molar-refractivity contribution in [3.05, 3.63) is 64.8 Å². The van der Waals surface area contributed by atoms with Crippen LogP contribution >= 0.6 is 11.6 Å². The maximum Gasteiger partial charge on any atom is 0.270 e. The highest BCUT2D eigenvalue weighted by molar-refractivity contribution is 6.30. The maximum atomic E-state index is 14.5. The molecule has 0 spiro atoms. The summed E-state index contributed by atoms with van der Waals surface area (Å²) in [7, 11) is 0. The number of amides is 4. The number of anilines is 1. The molecule has 0 bridgehead atoms. The van der Waals surface area contributed by atoms with Crippen molar-refractivity contribution in [2.24, 2.45) is 0 Å². The molecule has 3 fully saturated rings. The second-order valence-electron chi connectivity index (χ2n) is 13.1. The molecule has 3 aromatic rings. The van der Waals surface area contributed by atoms with Gasteiger partial charge in [0, 0.05) is 66.2 Å². The van der Waals surface area contributed by atoms with Crippen LogP contribution in [-0.2, 0) is 20.3 Å². The molecule has 3 heterocycles. The van der Waals surface area contributed by atoms with Crippen molar-refractivity contribution in [1.82, 2.24) is 20.1 Å². The molecule has 3 aliphatic rings. The Labute approximate surface area is 277 Å². The largest absolute Gasteiger partial charge is 0.351 e. The molecular weight excluding hydrogens is 628 g/mol. The van der Waals surface area contributed by atoms with Gasteiger partial charge < -0.3 is 25.0 Å². The summed E-state index contributed by atoms with van der Waals surface area (Å²) >= 11 is 6.19. The van der Waals surface area contributed by atoms with Crippen molar-refractivity contribution >= 4 is 51.8 Å². The third-order valence-electron chi connectivity index (χ3n) is 9.88. The van der Waals surface area contributed by atoms with Gasteiger partial charge in [0.05, 0.1) is 0 Å². The second-order valence-corrected chi connectivity index (χ2v) is 13.6. The summed E-state index contributed by atoms with van der Waals surface area (Å²) in [4.78, 5) is 63.1. The highest BCUT2D eigenvalue weighted by Crippen LogP contribution is 2.35. The number of nitrogens with one attached hydrogen (secondary N) is 2. The van der Waals surface area contributed by atoms with E-state index in [1.807, 2.05) is 17.0 Å². The molecule has 4 amide bonds. The molecule has 12 heteroatoms. The fourth-order valence-electron chi connectivity index (χ4n) is 7.39.